The fraction of sp³-hybridized carbons (Fsp3) is 0.500. The number of nitrogens with one attached hydrogen (secondary N) is 3. The number of nitrogens with zero attached hydrogens (tertiary/aromatic N) is 2. The van der Waals surface area contributed by atoms with E-state index >= 15 is 0 Å². The predicted molar refractivity (Wildman–Crippen MR) is 168 cm³/mol. The second-order valence-electron chi connectivity index (χ2n) is 10.6. The van der Waals surface area contributed by atoms with Crippen molar-refractivity contribution in [2.45, 2.75) is 46.1 Å². The van der Waals surface area contributed by atoms with Gasteiger partial charge in [0.1, 0.15) is 19.0 Å². The molecule has 13 nitrogen and oxygen atoms in total. The SMILES string of the molecule is COCCOc1ccc(N=Nc2ccc(C(=O)OCCNC(=O)CCC(CC(C)C(=O)NC(C)C)C(=O)NCCO)cc2)cc1. The lowest BCUT2D eigenvalue weighted by Gasteiger charge is -2.21. The van der Waals surface area contributed by atoms with Crippen molar-refractivity contribution in [1.82, 2.24) is 16.0 Å². The van der Waals surface area contributed by atoms with E-state index in [1.165, 1.54) is 0 Å². The highest BCUT2D eigenvalue weighted by molar-refractivity contribution is 5.89. The standard InChI is InChI=1S/C32H45N5O8/c1-22(2)35-30(40)23(3)21-25(31(41)34-15-17-38)7-14-29(39)33-16-18-45-32(42)24-5-8-26(9-6-24)36-37-27-10-12-28(13-11-27)44-20-19-43-4/h5-6,8-13,22-23,25,38H,7,14-21H2,1-4H3,(H,33,39)(H,34,41)(H,35,40). The Balaban J connectivity index is 1.76. The Morgan fingerprint density at radius 1 is 0.822 bits per heavy atom. The average Bonchev–Trinajstić information content (AvgIpc) is 3.03. The zero-order chi connectivity index (χ0) is 33.0. The van der Waals surface area contributed by atoms with Gasteiger partial charge in [-0.2, -0.15) is 10.2 Å². The maximum Gasteiger partial charge on any atom is 0.338 e. The van der Waals surface area contributed by atoms with E-state index in [1.807, 2.05) is 13.8 Å². The van der Waals surface area contributed by atoms with Crippen molar-refractivity contribution >= 4 is 35.1 Å². The third kappa shape index (κ3) is 14.8. The number of methoxy groups -OCH3 is 1. The maximum absolute atomic E-state index is 12.6. The smallest absolute Gasteiger partial charge is 0.338 e. The molecule has 2 rings (SSSR count). The number of benzene rings is 2. The first-order valence-corrected chi connectivity index (χ1v) is 15.0. The van der Waals surface area contributed by atoms with Crippen LogP contribution in [0.2, 0.25) is 0 Å². The highest BCUT2D eigenvalue weighted by atomic mass is 16.5. The molecule has 2 aromatic rings. The van der Waals surface area contributed by atoms with Crippen LogP contribution >= 0.6 is 0 Å². The van der Waals surface area contributed by atoms with Crippen molar-refractivity contribution in [3.8, 4) is 5.75 Å². The van der Waals surface area contributed by atoms with E-state index < -0.39 is 17.8 Å². The summed E-state index contributed by atoms with van der Waals surface area (Å²) in [5.74, 6) is -1.65. The number of ether oxygens (including phenoxy) is 3. The molecule has 246 valence electrons. The first-order valence-electron chi connectivity index (χ1n) is 15.0. The topological polar surface area (TPSA) is 177 Å². The molecule has 0 aliphatic rings. The Hall–Kier alpha value is -4.36. The number of azo groups is 1. The number of aliphatic hydroxyl groups is 1. The second kappa shape index (κ2) is 20.6. The van der Waals surface area contributed by atoms with Crippen molar-refractivity contribution in [1.29, 1.82) is 0 Å². The largest absolute Gasteiger partial charge is 0.491 e. The van der Waals surface area contributed by atoms with Crippen LogP contribution in [-0.4, -0.2) is 81.5 Å². The minimum Gasteiger partial charge on any atom is -0.491 e. The number of aliphatic hydroxyl groups excluding tert-OH is 1. The molecule has 0 saturated heterocycles. The molecule has 2 aromatic carbocycles. The lowest BCUT2D eigenvalue weighted by Crippen LogP contribution is -2.39. The molecule has 0 heterocycles. The van der Waals surface area contributed by atoms with Gasteiger partial charge in [-0.1, -0.05) is 6.92 Å². The third-order valence-corrected chi connectivity index (χ3v) is 6.45. The minimum absolute atomic E-state index is 0.0280. The lowest BCUT2D eigenvalue weighted by molar-refractivity contribution is -0.128. The van der Waals surface area contributed by atoms with Crippen molar-refractivity contribution in [2.24, 2.45) is 22.1 Å². The average molecular weight is 628 g/mol. The molecule has 3 amide bonds. The summed E-state index contributed by atoms with van der Waals surface area (Å²) in [5, 5.41) is 25.5. The van der Waals surface area contributed by atoms with Crippen molar-refractivity contribution < 1.29 is 38.5 Å². The Morgan fingerprint density at radius 3 is 2.07 bits per heavy atom. The number of hydrogen-bond donors (Lipinski definition) is 4. The van der Waals surface area contributed by atoms with E-state index in [9.17, 15) is 19.2 Å². The Bertz CT molecular complexity index is 1240. The fourth-order valence-corrected chi connectivity index (χ4v) is 4.08. The number of amides is 3. The quantitative estimate of drug-likeness (QED) is 0.0980. The van der Waals surface area contributed by atoms with Gasteiger partial charge in [-0.15, -0.1) is 0 Å². The Kier molecular flexibility index (Phi) is 16.8. The number of carbonyl (C=O) groups is 4. The molecule has 45 heavy (non-hydrogen) atoms. The van der Waals surface area contributed by atoms with Crippen LogP contribution in [0.5, 0.6) is 5.75 Å². The van der Waals surface area contributed by atoms with E-state index in [-0.39, 0.29) is 69.3 Å². The maximum atomic E-state index is 12.6. The summed E-state index contributed by atoms with van der Waals surface area (Å²) in [5.41, 5.74) is 1.52. The van der Waals surface area contributed by atoms with Crippen LogP contribution in [0.1, 0.15) is 50.4 Å². The molecule has 13 heteroatoms. The zero-order valence-corrected chi connectivity index (χ0v) is 26.4. The molecule has 0 fully saturated rings. The summed E-state index contributed by atoms with van der Waals surface area (Å²) in [4.78, 5) is 49.7. The molecular weight excluding hydrogens is 582 g/mol. The summed E-state index contributed by atoms with van der Waals surface area (Å²) in [7, 11) is 1.61. The molecule has 0 aromatic heterocycles. The van der Waals surface area contributed by atoms with Crippen LogP contribution in [-0.2, 0) is 23.9 Å². The van der Waals surface area contributed by atoms with Crippen LogP contribution in [0.4, 0.5) is 11.4 Å². The van der Waals surface area contributed by atoms with Gasteiger partial charge in [0.15, 0.2) is 0 Å². The van der Waals surface area contributed by atoms with E-state index in [2.05, 4.69) is 26.2 Å². The minimum atomic E-state index is -0.582. The summed E-state index contributed by atoms with van der Waals surface area (Å²) >= 11 is 0. The van der Waals surface area contributed by atoms with Gasteiger partial charge in [-0.25, -0.2) is 4.79 Å². The monoisotopic (exact) mass is 627 g/mol. The normalized spacial score (nSPS) is 12.4. The number of hydrogen-bond acceptors (Lipinski definition) is 10. The summed E-state index contributed by atoms with van der Waals surface area (Å²) in [6.07, 6.45) is 0.533. The van der Waals surface area contributed by atoms with Gasteiger partial charge in [-0.3, -0.25) is 14.4 Å². The molecule has 2 atom stereocenters. The van der Waals surface area contributed by atoms with Gasteiger partial charge in [-0.05, 0) is 75.2 Å². The highest BCUT2D eigenvalue weighted by Gasteiger charge is 2.25. The first kappa shape index (κ1) is 36.8. The molecule has 0 radical (unpaired) electrons. The molecule has 0 aliphatic heterocycles. The summed E-state index contributed by atoms with van der Waals surface area (Å²) in [6.45, 7) is 6.34. The summed E-state index contributed by atoms with van der Waals surface area (Å²) < 4.78 is 15.7. The molecule has 0 bridgehead atoms. The van der Waals surface area contributed by atoms with Crippen molar-refractivity contribution in [2.75, 3.05) is 46.6 Å². The number of esters is 1. The van der Waals surface area contributed by atoms with E-state index in [4.69, 9.17) is 19.3 Å². The van der Waals surface area contributed by atoms with Crippen LogP contribution < -0.4 is 20.7 Å². The van der Waals surface area contributed by atoms with Gasteiger partial charge in [0.2, 0.25) is 17.7 Å². The Morgan fingerprint density at radius 2 is 1.47 bits per heavy atom. The van der Waals surface area contributed by atoms with Gasteiger partial charge >= 0.3 is 5.97 Å². The van der Waals surface area contributed by atoms with Crippen molar-refractivity contribution in [3.05, 3.63) is 54.1 Å². The predicted octanol–water partition coefficient (Wildman–Crippen LogP) is 3.46. The highest BCUT2D eigenvalue weighted by Crippen LogP contribution is 2.22. The van der Waals surface area contributed by atoms with Gasteiger partial charge in [0, 0.05) is 38.0 Å². The summed E-state index contributed by atoms with van der Waals surface area (Å²) in [6, 6.07) is 13.5. The van der Waals surface area contributed by atoms with Crippen molar-refractivity contribution in [3.63, 3.8) is 0 Å². The lowest BCUT2D eigenvalue weighted by atomic mass is 9.90. The number of carbonyl (C=O) groups excluding carboxylic acids is 4. The molecule has 4 N–H and O–H groups in total. The van der Waals surface area contributed by atoms with E-state index in [0.717, 1.165) is 0 Å². The Labute approximate surface area is 264 Å². The van der Waals surface area contributed by atoms with Crippen LogP contribution in [0, 0.1) is 11.8 Å². The number of rotatable bonds is 20. The zero-order valence-electron chi connectivity index (χ0n) is 26.4. The first-order chi connectivity index (χ1) is 21.6. The van der Waals surface area contributed by atoms with E-state index in [0.29, 0.717) is 35.9 Å². The molecule has 0 saturated carbocycles. The molecule has 0 aliphatic carbocycles. The molecular formula is C32H45N5O8. The molecule has 2 unspecified atom stereocenters. The van der Waals surface area contributed by atoms with Crippen LogP contribution in [0.3, 0.4) is 0 Å². The van der Waals surface area contributed by atoms with Crippen LogP contribution in [0.25, 0.3) is 0 Å². The van der Waals surface area contributed by atoms with E-state index in [1.54, 1.807) is 62.6 Å². The van der Waals surface area contributed by atoms with Crippen LogP contribution in [0.15, 0.2) is 58.8 Å². The van der Waals surface area contributed by atoms with Gasteiger partial charge in [0.05, 0.1) is 36.7 Å². The molecule has 0 spiro atoms. The second-order valence-corrected chi connectivity index (χ2v) is 10.6. The van der Waals surface area contributed by atoms with Gasteiger partial charge in [0.25, 0.3) is 0 Å². The third-order valence-electron chi connectivity index (χ3n) is 6.45. The fourth-order valence-electron chi connectivity index (χ4n) is 4.08. The van der Waals surface area contributed by atoms with Gasteiger partial charge < -0.3 is 35.3 Å².